The van der Waals surface area contributed by atoms with Crippen LogP contribution >= 0.6 is 15.9 Å². The Kier molecular flexibility index (Phi) is 6.19. The maximum atomic E-state index is 13.5. The fourth-order valence-electron chi connectivity index (χ4n) is 1.72. The van der Waals surface area contributed by atoms with Crippen LogP contribution in [0.15, 0.2) is 16.6 Å². The molecule has 112 valence electrons. The fraction of sp³-hybridized carbons (Fsp3) is 0.462. The first-order valence-corrected chi connectivity index (χ1v) is 6.85. The van der Waals surface area contributed by atoms with E-state index in [1.54, 1.807) is 0 Å². The molecule has 0 aliphatic carbocycles. The fourth-order valence-corrected chi connectivity index (χ4v) is 2.03. The van der Waals surface area contributed by atoms with Gasteiger partial charge in [0.1, 0.15) is 12.4 Å². The molecule has 1 unspecified atom stereocenters. The van der Waals surface area contributed by atoms with Crippen molar-refractivity contribution >= 4 is 22.0 Å². The number of carboxylic acid groups (broad SMARTS) is 1. The quantitative estimate of drug-likeness (QED) is 0.766. The van der Waals surface area contributed by atoms with Gasteiger partial charge in [-0.3, -0.25) is 0 Å². The molecule has 20 heavy (non-hydrogen) atoms. The molecular formula is C13H16BrF2NO3. The Bertz CT molecular complexity index is 483. The van der Waals surface area contributed by atoms with Crippen molar-refractivity contribution in [3.8, 4) is 5.75 Å². The molecule has 0 fully saturated rings. The second-order valence-electron chi connectivity index (χ2n) is 4.78. The lowest BCUT2D eigenvalue weighted by Gasteiger charge is -2.19. The highest BCUT2D eigenvalue weighted by Crippen LogP contribution is 2.25. The molecule has 0 saturated carbocycles. The number of rotatable bonds is 6. The molecule has 1 aromatic carbocycles. The monoisotopic (exact) mass is 351 g/mol. The molecule has 2 N–H and O–H groups in total. The third kappa shape index (κ3) is 5.32. The van der Waals surface area contributed by atoms with E-state index in [0.717, 1.165) is 12.1 Å². The third-order valence-electron chi connectivity index (χ3n) is 2.50. The second kappa shape index (κ2) is 7.42. The zero-order valence-electron chi connectivity index (χ0n) is 11.1. The second-order valence-corrected chi connectivity index (χ2v) is 5.64. The van der Waals surface area contributed by atoms with E-state index >= 15 is 0 Å². The number of benzene rings is 1. The van der Waals surface area contributed by atoms with Gasteiger partial charge in [0.15, 0.2) is 11.6 Å². The van der Waals surface area contributed by atoms with E-state index in [1.165, 1.54) is 0 Å². The van der Waals surface area contributed by atoms with E-state index in [1.807, 2.05) is 13.8 Å². The van der Waals surface area contributed by atoms with Gasteiger partial charge in [-0.1, -0.05) is 13.8 Å². The average molecular weight is 352 g/mol. The number of ether oxygens (including phenoxy) is 1. The van der Waals surface area contributed by atoms with Gasteiger partial charge >= 0.3 is 6.09 Å². The lowest BCUT2D eigenvalue weighted by molar-refractivity contribution is 0.175. The number of nitrogens with one attached hydrogen (secondary N) is 1. The number of halogens is 3. The minimum absolute atomic E-state index is 0.00439. The van der Waals surface area contributed by atoms with Gasteiger partial charge in [-0.2, -0.15) is 0 Å². The molecule has 0 bridgehead atoms. The van der Waals surface area contributed by atoms with Gasteiger partial charge in [0, 0.05) is 6.07 Å². The van der Waals surface area contributed by atoms with Crippen molar-refractivity contribution in [3.05, 3.63) is 28.2 Å². The molecule has 1 aromatic rings. The standard InChI is InChI=1S/C13H16BrF2NO3/c1-7(2)3-8(17-13(18)19)6-20-12-5-10(15)9(14)4-11(12)16/h4-5,7-8,17H,3,6H2,1-2H3,(H,18,19). The van der Waals surface area contributed by atoms with Gasteiger partial charge in [0.25, 0.3) is 0 Å². The topological polar surface area (TPSA) is 58.6 Å². The zero-order valence-corrected chi connectivity index (χ0v) is 12.7. The van der Waals surface area contributed by atoms with Crippen LogP contribution in [0.5, 0.6) is 5.75 Å². The van der Waals surface area contributed by atoms with Crippen LogP contribution in [0, 0.1) is 17.6 Å². The van der Waals surface area contributed by atoms with Crippen LogP contribution in [0.3, 0.4) is 0 Å². The normalized spacial score (nSPS) is 12.3. The average Bonchev–Trinajstić information content (AvgIpc) is 2.30. The predicted octanol–water partition coefficient (Wildman–Crippen LogP) is 3.79. The Balaban J connectivity index is 2.71. The smallest absolute Gasteiger partial charge is 0.404 e. The van der Waals surface area contributed by atoms with E-state index in [2.05, 4.69) is 21.2 Å². The summed E-state index contributed by atoms with van der Waals surface area (Å²) in [6.45, 7) is 3.79. The highest BCUT2D eigenvalue weighted by Gasteiger charge is 2.16. The summed E-state index contributed by atoms with van der Waals surface area (Å²) in [4.78, 5) is 10.7. The molecule has 4 nitrogen and oxygen atoms in total. The summed E-state index contributed by atoms with van der Waals surface area (Å²) in [5.41, 5.74) is 0. The van der Waals surface area contributed by atoms with Crippen LogP contribution < -0.4 is 10.1 Å². The van der Waals surface area contributed by atoms with E-state index in [0.29, 0.717) is 6.42 Å². The molecule has 0 aliphatic heterocycles. The summed E-state index contributed by atoms with van der Waals surface area (Å²) < 4.78 is 32.0. The van der Waals surface area contributed by atoms with Crippen LogP contribution in [0.1, 0.15) is 20.3 Å². The lowest BCUT2D eigenvalue weighted by Crippen LogP contribution is -2.39. The number of hydrogen-bond donors (Lipinski definition) is 2. The molecule has 0 aliphatic rings. The van der Waals surface area contributed by atoms with Crippen molar-refractivity contribution in [2.75, 3.05) is 6.61 Å². The molecule has 0 aromatic heterocycles. The van der Waals surface area contributed by atoms with E-state index in [4.69, 9.17) is 9.84 Å². The molecule has 0 radical (unpaired) electrons. The largest absolute Gasteiger partial charge is 0.488 e. The molecular weight excluding hydrogens is 336 g/mol. The van der Waals surface area contributed by atoms with Crippen molar-refractivity contribution < 1.29 is 23.4 Å². The van der Waals surface area contributed by atoms with Crippen molar-refractivity contribution in [1.82, 2.24) is 5.32 Å². The molecule has 0 heterocycles. The minimum atomic E-state index is -1.18. The van der Waals surface area contributed by atoms with Crippen LogP contribution in [0.25, 0.3) is 0 Å². The lowest BCUT2D eigenvalue weighted by atomic mass is 10.0. The van der Waals surface area contributed by atoms with Gasteiger partial charge in [-0.05, 0) is 34.3 Å². The van der Waals surface area contributed by atoms with Crippen LogP contribution in [0.2, 0.25) is 0 Å². The van der Waals surface area contributed by atoms with Gasteiger partial charge in [-0.15, -0.1) is 0 Å². The van der Waals surface area contributed by atoms with Crippen LogP contribution in [-0.2, 0) is 0 Å². The maximum Gasteiger partial charge on any atom is 0.404 e. The minimum Gasteiger partial charge on any atom is -0.488 e. The summed E-state index contributed by atoms with van der Waals surface area (Å²) in [6, 6.07) is 1.40. The van der Waals surface area contributed by atoms with Crippen LogP contribution in [-0.4, -0.2) is 23.8 Å². The van der Waals surface area contributed by atoms with Gasteiger partial charge in [-0.25, -0.2) is 13.6 Å². The highest BCUT2D eigenvalue weighted by atomic mass is 79.9. The summed E-state index contributed by atoms with van der Waals surface area (Å²) in [6.07, 6.45) is -0.644. The SMILES string of the molecule is CC(C)CC(COc1cc(F)c(Br)cc1F)NC(=O)O. The molecule has 0 saturated heterocycles. The first-order valence-electron chi connectivity index (χ1n) is 6.06. The summed E-state index contributed by atoms with van der Waals surface area (Å²) in [5, 5.41) is 11.0. The van der Waals surface area contributed by atoms with Gasteiger partial charge in [0.2, 0.25) is 0 Å². The first kappa shape index (κ1) is 16.7. The Labute approximate surface area is 124 Å². The summed E-state index contributed by atoms with van der Waals surface area (Å²) >= 11 is 2.87. The molecule has 1 atom stereocenters. The number of hydrogen-bond acceptors (Lipinski definition) is 2. The Morgan fingerprint density at radius 1 is 1.40 bits per heavy atom. The first-order chi connectivity index (χ1) is 9.29. The molecule has 1 amide bonds. The zero-order chi connectivity index (χ0) is 15.3. The van der Waals surface area contributed by atoms with Crippen LogP contribution in [0.4, 0.5) is 13.6 Å². The predicted molar refractivity (Wildman–Crippen MR) is 74.0 cm³/mol. The summed E-state index contributed by atoms with van der Waals surface area (Å²) in [5.74, 6) is -1.36. The Morgan fingerprint density at radius 2 is 2.05 bits per heavy atom. The highest BCUT2D eigenvalue weighted by molar-refractivity contribution is 9.10. The Morgan fingerprint density at radius 3 is 2.60 bits per heavy atom. The van der Waals surface area contributed by atoms with Gasteiger partial charge < -0.3 is 15.2 Å². The number of carbonyl (C=O) groups is 1. The van der Waals surface area contributed by atoms with Crippen molar-refractivity contribution in [1.29, 1.82) is 0 Å². The van der Waals surface area contributed by atoms with E-state index in [-0.39, 0.29) is 22.7 Å². The molecule has 0 spiro atoms. The van der Waals surface area contributed by atoms with E-state index in [9.17, 15) is 13.6 Å². The van der Waals surface area contributed by atoms with Gasteiger partial charge in [0.05, 0.1) is 10.5 Å². The molecule has 1 rings (SSSR count). The maximum absolute atomic E-state index is 13.5. The molecule has 7 heteroatoms. The third-order valence-corrected chi connectivity index (χ3v) is 3.11. The van der Waals surface area contributed by atoms with Crippen molar-refractivity contribution in [2.24, 2.45) is 5.92 Å². The summed E-state index contributed by atoms with van der Waals surface area (Å²) in [7, 11) is 0. The van der Waals surface area contributed by atoms with Crippen molar-refractivity contribution in [2.45, 2.75) is 26.3 Å². The number of amides is 1. The van der Waals surface area contributed by atoms with Crippen molar-refractivity contribution in [3.63, 3.8) is 0 Å². The Hall–Kier alpha value is -1.37. The van der Waals surface area contributed by atoms with E-state index < -0.39 is 23.8 Å².